The molecule has 7 nitrogen and oxygen atoms in total. The van der Waals surface area contributed by atoms with Gasteiger partial charge in [-0.25, -0.2) is 4.63 Å². The minimum Gasteiger partial charge on any atom is -0.471 e. The van der Waals surface area contributed by atoms with Crippen LogP contribution in [0.15, 0.2) is 4.63 Å². The minimum atomic E-state index is -1.79. The van der Waals surface area contributed by atoms with Crippen molar-refractivity contribution in [3.05, 3.63) is 5.69 Å². The van der Waals surface area contributed by atoms with E-state index in [1.807, 2.05) is 0 Å². The third-order valence-corrected chi connectivity index (χ3v) is 8.03. The van der Waals surface area contributed by atoms with E-state index in [9.17, 15) is 4.79 Å². The Labute approximate surface area is 120 Å². The molecule has 1 rings (SSSR count). The number of rotatable bonds is 6. The zero-order chi connectivity index (χ0) is 15.4. The summed E-state index contributed by atoms with van der Waals surface area (Å²) in [5.74, 6) is -0.310. The highest BCUT2D eigenvalue weighted by molar-refractivity contribution is 6.74. The molecule has 0 aliphatic heterocycles. The molecule has 0 aliphatic rings. The maximum absolute atomic E-state index is 11.4. The number of ether oxygens (including phenoxy) is 1. The monoisotopic (exact) mass is 301 g/mol. The Morgan fingerprint density at radius 1 is 1.30 bits per heavy atom. The van der Waals surface area contributed by atoms with Crippen LogP contribution in [0.25, 0.3) is 0 Å². The first kappa shape index (κ1) is 16.6. The molecule has 1 aromatic rings. The molecular formula is C12H23N3O4Si. The van der Waals surface area contributed by atoms with E-state index in [-0.39, 0.29) is 16.6 Å². The fourth-order valence-electron chi connectivity index (χ4n) is 1.18. The van der Waals surface area contributed by atoms with E-state index in [4.69, 9.17) is 9.16 Å². The molecule has 0 atom stereocenters. The largest absolute Gasteiger partial charge is 0.471 e. The Kier molecular flexibility index (Phi) is 5.29. The Bertz CT molecular complexity index is 454. The lowest BCUT2D eigenvalue weighted by Crippen LogP contribution is -2.41. The number of hydrogen-bond donors (Lipinski definition) is 1. The van der Waals surface area contributed by atoms with Crippen molar-refractivity contribution in [2.45, 2.75) is 38.9 Å². The van der Waals surface area contributed by atoms with Crippen LogP contribution in [-0.4, -0.2) is 44.8 Å². The number of aromatic nitrogens is 2. The molecule has 0 saturated heterocycles. The van der Waals surface area contributed by atoms with Crippen LogP contribution in [0, 0.1) is 0 Å². The predicted octanol–water partition coefficient (Wildman–Crippen LogP) is 1.83. The van der Waals surface area contributed by atoms with Crippen molar-refractivity contribution in [3.63, 3.8) is 0 Å². The van der Waals surface area contributed by atoms with Crippen LogP contribution in [0.2, 0.25) is 18.1 Å². The molecule has 1 aromatic heterocycles. The van der Waals surface area contributed by atoms with Crippen molar-refractivity contribution in [3.8, 4) is 5.88 Å². The minimum absolute atomic E-state index is 0.0415. The molecule has 20 heavy (non-hydrogen) atoms. The van der Waals surface area contributed by atoms with Crippen LogP contribution in [0.5, 0.6) is 5.88 Å². The summed E-state index contributed by atoms with van der Waals surface area (Å²) in [7, 11) is -0.287. The second kappa shape index (κ2) is 6.36. The van der Waals surface area contributed by atoms with Crippen molar-refractivity contribution in [1.82, 2.24) is 15.6 Å². The molecule has 0 spiro atoms. The fourth-order valence-corrected chi connectivity index (χ4v) is 2.21. The summed E-state index contributed by atoms with van der Waals surface area (Å²) in [4.78, 5) is 11.4. The zero-order valence-electron chi connectivity index (χ0n) is 12.9. The van der Waals surface area contributed by atoms with Crippen molar-refractivity contribution in [2.24, 2.45) is 0 Å². The lowest BCUT2D eigenvalue weighted by molar-refractivity contribution is 0.0949. The van der Waals surface area contributed by atoms with Crippen LogP contribution >= 0.6 is 0 Å². The van der Waals surface area contributed by atoms with Gasteiger partial charge in [-0.3, -0.25) is 4.79 Å². The van der Waals surface area contributed by atoms with Crippen LogP contribution < -0.4 is 10.1 Å². The van der Waals surface area contributed by atoms with E-state index in [1.165, 1.54) is 7.05 Å². The van der Waals surface area contributed by atoms with Crippen LogP contribution in [0.4, 0.5) is 0 Å². The second-order valence-corrected chi connectivity index (χ2v) is 10.8. The van der Waals surface area contributed by atoms with Crippen molar-refractivity contribution in [1.29, 1.82) is 0 Å². The SMILES string of the molecule is CNC(=O)c1nonc1OCCO[Si](C)(C)C(C)(C)C. The summed E-state index contributed by atoms with van der Waals surface area (Å²) < 4.78 is 15.8. The van der Waals surface area contributed by atoms with E-state index >= 15 is 0 Å². The average Bonchev–Trinajstić information content (AvgIpc) is 2.80. The molecule has 1 heterocycles. The topological polar surface area (TPSA) is 86.5 Å². The number of nitrogens with zero attached hydrogens (tertiary/aromatic N) is 2. The van der Waals surface area contributed by atoms with Gasteiger partial charge in [0.25, 0.3) is 11.8 Å². The lowest BCUT2D eigenvalue weighted by atomic mass is 10.2. The highest BCUT2D eigenvalue weighted by Crippen LogP contribution is 2.36. The Morgan fingerprint density at radius 2 is 1.95 bits per heavy atom. The second-order valence-electron chi connectivity index (χ2n) is 5.95. The fraction of sp³-hybridized carbons (Fsp3) is 0.750. The van der Waals surface area contributed by atoms with Crippen molar-refractivity contribution in [2.75, 3.05) is 20.3 Å². The van der Waals surface area contributed by atoms with E-state index < -0.39 is 14.2 Å². The van der Waals surface area contributed by atoms with Gasteiger partial charge in [0.15, 0.2) is 8.32 Å². The zero-order valence-corrected chi connectivity index (χ0v) is 13.9. The van der Waals surface area contributed by atoms with Gasteiger partial charge in [0.1, 0.15) is 6.61 Å². The summed E-state index contributed by atoms with van der Waals surface area (Å²) in [6.07, 6.45) is 0. The first-order chi connectivity index (χ1) is 9.19. The molecule has 114 valence electrons. The maximum atomic E-state index is 11.4. The molecule has 0 aromatic carbocycles. The molecule has 0 fully saturated rings. The van der Waals surface area contributed by atoms with Gasteiger partial charge >= 0.3 is 0 Å². The molecule has 0 bridgehead atoms. The van der Waals surface area contributed by atoms with Crippen molar-refractivity contribution >= 4 is 14.2 Å². The maximum Gasteiger partial charge on any atom is 0.289 e. The van der Waals surface area contributed by atoms with Gasteiger partial charge in [-0.05, 0) is 28.4 Å². The molecule has 0 radical (unpaired) electrons. The molecule has 1 N–H and O–H groups in total. The number of amides is 1. The number of nitrogens with one attached hydrogen (secondary N) is 1. The third kappa shape index (κ3) is 4.04. The first-order valence-corrected chi connectivity index (χ1v) is 9.41. The van der Waals surface area contributed by atoms with Crippen LogP contribution in [-0.2, 0) is 4.43 Å². The molecular weight excluding hydrogens is 278 g/mol. The van der Waals surface area contributed by atoms with Gasteiger partial charge in [-0.1, -0.05) is 20.8 Å². The van der Waals surface area contributed by atoms with E-state index in [1.54, 1.807) is 0 Å². The molecule has 0 aliphatic carbocycles. The summed E-state index contributed by atoms with van der Waals surface area (Å²) in [6, 6.07) is 0. The first-order valence-electron chi connectivity index (χ1n) is 6.50. The number of carbonyl (C=O) groups excluding carboxylic acids is 1. The number of carbonyl (C=O) groups is 1. The predicted molar refractivity (Wildman–Crippen MR) is 76.3 cm³/mol. The smallest absolute Gasteiger partial charge is 0.289 e. The molecule has 0 unspecified atom stereocenters. The van der Waals surface area contributed by atoms with E-state index in [0.717, 1.165) is 0 Å². The van der Waals surface area contributed by atoms with Gasteiger partial charge < -0.3 is 14.5 Å². The number of hydrogen-bond acceptors (Lipinski definition) is 6. The highest BCUT2D eigenvalue weighted by Gasteiger charge is 2.36. The molecule has 0 saturated carbocycles. The molecule has 8 heteroatoms. The lowest BCUT2D eigenvalue weighted by Gasteiger charge is -2.36. The quantitative estimate of drug-likeness (QED) is 0.637. The average molecular weight is 301 g/mol. The third-order valence-electron chi connectivity index (χ3n) is 3.49. The molecule has 1 amide bonds. The Morgan fingerprint density at radius 3 is 2.50 bits per heavy atom. The van der Waals surface area contributed by atoms with Crippen LogP contribution in [0.1, 0.15) is 31.3 Å². The standard InChI is InChI=1S/C12H23N3O4Si/c1-12(2,3)20(5,6)18-8-7-17-11-9(10(16)13-4)14-19-15-11/h7-8H2,1-6H3,(H,13,16). The van der Waals surface area contributed by atoms with Gasteiger partial charge in [-0.2, -0.15) is 0 Å². The Balaban J connectivity index is 2.47. The van der Waals surface area contributed by atoms with E-state index in [2.05, 4.69) is 54.1 Å². The summed E-state index contributed by atoms with van der Waals surface area (Å²) in [5.41, 5.74) is 0.0415. The van der Waals surface area contributed by atoms with Gasteiger partial charge in [0, 0.05) is 7.05 Å². The summed E-state index contributed by atoms with van der Waals surface area (Å²) in [5, 5.41) is 9.64. The van der Waals surface area contributed by atoms with Crippen LogP contribution in [0.3, 0.4) is 0 Å². The van der Waals surface area contributed by atoms with Gasteiger partial charge in [0.2, 0.25) is 5.69 Å². The summed E-state index contributed by atoms with van der Waals surface area (Å²) in [6.45, 7) is 11.6. The van der Waals surface area contributed by atoms with Gasteiger partial charge in [-0.15, -0.1) is 0 Å². The normalized spacial score (nSPS) is 12.3. The summed E-state index contributed by atoms with van der Waals surface area (Å²) >= 11 is 0. The Hall–Kier alpha value is -1.41. The van der Waals surface area contributed by atoms with Gasteiger partial charge in [0.05, 0.1) is 6.61 Å². The van der Waals surface area contributed by atoms with Crippen molar-refractivity contribution < 1.29 is 18.6 Å². The highest BCUT2D eigenvalue weighted by atomic mass is 28.4. The van der Waals surface area contributed by atoms with E-state index in [0.29, 0.717) is 13.2 Å².